The second kappa shape index (κ2) is 11.7. The summed E-state index contributed by atoms with van der Waals surface area (Å²) >= 11 is 0. The number of amides is 1. The molecule has 5 nitrogen and oxygen atoms in total. The molecule has 0 spiro atoms. The Morgan fingerprint density at radius 3 is 1.83 bits per heavy atom. The number of rotatable bonds is 4. The van der Waals surface area contributed by atoms with Crippen LogP contribution >= 0.6 is 0 Å². The minimum atomic E-state index is 0.0290. The van der Waals surface area contributed by atoms with Crippen LogP contribution in [0.15, 0.2) is 30.3 Å². The van der Waals surface area contributed by atoms with E-state index in [-0.39, 0.29) is 5.91 Å². The summed E-state index contributed by atoms with van der Waals surface area (Å²) in [5.74, 6) is 0.610. The fraction of sp³-hybridized carbons (Fsp3) is 0.560. The molecule has 0 bridgehead atoms. The molecule has 1 aromatic carbocycles. The first kappa shape index (κ1) is 22.3. The van der Waals surface area contributed by atoms with Crippen molar-refractivity contribution in [3.63, 3.8) is 0 Å². The average Bonchev–Trinajstić information content (AvgIpc) is 2.70. The summed E-state index contributed by atoms with van der Waals surface area (Å²) < 4.78 is 0. The number of carbonyl (C=O) groups is 1. The van der Waals surface area contributed by atoms with Crippen LogP contribution in [0.1, 0.15) is 92.4 Å². The molecule has 1 aromatic heterocycles. The van der Waals surface area contributed by atoms with Crippen LogP contribution in [-0.2, 0) is 0 Å². The van der Waals surface area contributed by atoms with Crippen molar-refractivity contribution in [3.05, 3.63) is 47.3 Å². The standard InChI is InChI=1S/C25H36N4O/c1-19-18-20(2)27-25(26-19)29-23-16-14-21(15-17-23)24(30)28-22-12-10-8-6-4-3-5-7-9-11-13-22/h14-18,22H,3-13H2,1-2H3,(H,28,30)(H,26,27,29). The highest BCUT2D eigenvalue weighted by atomic mass is 16.1. The van der Waals surface area contributed by atoms with Gasteiger partial charge in [0.15, 0.2) is 0 Å². The van der Waals surface area contributed by atoms with Gasteiger partial charge in [0.1, 0.15) is 0 Å². The molecule has 1 aliphatic carbocycles. The predicted octanol–water partition coefficient (Wildman–Crippen LogP) is 6.24. The van der Waals surface area contributed by atoms with Gasteiger partial charge in [-0.1, -0.05) is 57.8 Å². The van der Waals surface area contributed by atoms with Gasteiger partial charge in [0.2, 0.25) is 5.95 Å². The Morgan fingerprint density at radius 2 is 1.30 bits per heavy atom. The van der Waals surface area contributed by atoms with Crippen molar-refractivity contribution in [2.45, 2.75) is 90.5 Å². The zero-order valence-electron chi connectivity index (χ0n) is 18.5. The van der Waals surface area contributed by atoms with Crippen LogP contribution in [0, 0.1) is 13.8 Å². The number of carbonyl (C=O) groups excluding carboxylic acids is 1. The number of aromatic nitrogens is 2. The SMILES string of the molecule is Cc1cc(C)nc(Nc2ccc(C(=O)NC3CCCCCCCCCCC3)cc2)n1. The molecule has 1 heterocycles. The van der Waals surface area contributed by atoms with Crippen LogP contribution in [0.2, 0.25) is 0 Å². The van der Waals surface area contributed by atoms with Crippen molar-refractivity contribution in [2.75, 3.05) is 5.32 Å². The lowest BCUT2D eigenvalue weighted by molar-refractivity contribution is 0.0931. The van der Waals surface area contributed by atoms with E-state index in [1.165, 1.54) is 57.8 Å². The molecule has 2 aromatic rings. The van der Waals surface area contributed by atoms with E-state index in [9.17, 15) is 4.79 Å². The highest BCUT2D eigenvalue weighted by Gasteiger charge is 2.14. The minimum absolute atomic E-state index is 0.0290. The number of hydrogen-bond donors (Lipinski definition) is 2. The molecular weight excluding hydrogens is 372 g/mol. The van der Waals surface area contributed by atoms with E-state index in [0.29, 0.717) is 17.6 Å². The summed E-state index contributed by atoms with van der Waals surface area (Å²) in [7, 11) is 0. The van der Waals surface area contributed by atoms with Gasteiger partial charge in [-0.2, -0.15) is 0 Å². The minimum Gasteiger partial charge on any atom is -0.349 e. The van der Waals surface area contributed by atoms with Crippen molar-refractivity contribution in [1.29, 1.82) is 0 Å². The summed E-state index contributed by atoms with van der Waals surface area (Å²) in [6.07, 6.45) is 14.0. The molecule has 2 N–H and O–H groups in total. The molecule has 0 atom stereocenters. The summed E-state index contributed by atoms with van der Waals surface area (Å²) in [4.78, 5) is 21.6. The number of nitrogens with zero attached hydrogens (tertiary/aromatic N) is 2. The van der Waals surface area contributed by atoms with Gasteiger partial charge in [0.25, 0.3) is 5.91 Å². The zero-order chi connectivity index (χ0) is 21.2. The third-order valence-electron chi connectivity index (χ3n) is 5.83. The molecule has 1 fully saturated rings. The number of hydrogen-bond acceptors (Lipinski definition) is 4. The van der Waals surface area contributed by atoms with Crippen molar-refractivity contribution >= 4 is 17.5 Å². The third kappa shape index (κ3) is 7.43. The average molecular weight is 409 g/mol. The maximum absolute atomic E-state index is 12.8. The van der Waals surface area contributed by atoms with Crippen LogP contribution < -0.4 is 10.6 Å². The van der Waals surface area contributed by atoms with E-state index in [2.05, 4.69) is 20.6 Å². The number of benzene rings is 1. The van der Waals surface area contributed by atoms with Crippen molar-refractivity contribution in [1.82, 2.24) is 15.3 Å². The van der Waals surface area contributed by atoms with Crippen molar-refractivity contribution in [3.8, 4) is 0 Å². The van der Waals surface area contributed by atoms with Gasteiger partial charge in [0, 0.05) is 28.7 Å². The summed E-state index contributed by atoms with van der Waals surface area (Å²) in [5, 5.41) is 6.51. The Hall–Kier alpha value is -2.43. The van der Waals surface area contributed by atoms with Gasteiger partial charge in [-0.3, -0.25) is 4.79 Å². The molecule has 5 heteroatoms. The molecule has 1 amide bonds. The van der Waals surface area contributed by atoms with E-state index in [1.807, 2.05) is 44.2 Å². The molecule has 0 radical (unpaired) electrons. The fourth-order valence-electron chi connectivity index (χ4n) is 4.19. The van der Waals surface area contributed by atoms with Crippen LogP contribution in [0.5, 0.6) is 0 Å². The van der Waals surface area contributed by atoms with Crippen LogP contribution in [-0.4, -0.2) is 21.9 Å². The lowest BCUT2D eigenvalue weighted by Gasteiger charge is -2.20. The predicted molar refractivity (Wildman–Crippen MR) is 123 cm³/mol. The van der Waals surface area contributed by atoms with Gasteiger partial charge in [-0.05, 0) is 57.0 Å². The van der Waals surface area contributed by atoms with E-state index in [4.69, 9.17) is 0 Å². The lowest BCUT2D eigenvalue weighted by Crippen LogP contribution is -2.34. The second-order valence-electron chi connectivity index (χ2n) is 8.61. The molecule has 0 saturated heterocycles. The largest absolute Gasteiger partial charge is 0.349 e. The second-order valence-corrected chi connectivity index (χ2v) is 8.61. The van der Waals surface area contributed by atoms with Crippen molar-refractivity contribution in [2.24, 2.45) is 0 Å². The van der Waals surface area contributed by atoms with Crippen LogP contribution in [0.25, 0.3) is 0 Å². The normalized spacial score (nSPS) is 16.9. The van der Waals surface area contributed by atoms with E-state index in [0.717, 1.165) is 29.9 Å². The summed E-state index contributed by atoms with van der Waals surface area (Å²) in [6, 6.07) is 9.80. The van der Waals surface area contributed by atoms with Crippen molar-refractivity contribution < 1.29 is 4.79 Å². The monoisotopic (exact) mass is 408 g/mol. The van der Waals surface area contributed by atoms with Crippen LogP contribution in [0.4, 0.5) is 11.6 Å². The molecule has 30 heavy (non-hydrogen) atoms. The van der Waals surface area contributed by atoms with Gasteiger partial charge in [-0.15, -0.1) is 0 Å². The van der Waals surface area contributed by atoms with Gasteiger partial charge >= 0.3 is 0 Å². The summed E-state index contributed by atoms with van der Waals surface area (Å²) in [5.41, 5.74) is 3.44. The molecule has 162 valence electrons. The van der Waals surface area contributed by atoms with Crippen LogP contribution in [0.3, 0.4) is 0 Å². The number of nitrogens with one attached hydrogen (secondary N) is 2. The Balaban J connectivity index is 1.55. The third-order valence-corrected chi connectivity index (χ3v) is 5.83. The smallest absolute Gasteiger partial charge is 0.251 e. The topological polar surface area (TPSA) is 66.9 Å². The lowest BCUT2D eigenvalue weighted by atomic mass is 9.97. The molecule has 0 aliphatic heterocycles. The van der Waals surface area contributed by atoms with Gasteiger partial charge in [-0.25, -0.2) is 9.97 Å². The Bertz CT molecular complexity index is 771. The first-order chi connectivity index (χ1) is 14.6. The number of aryl methyl sites for hydroxylation is 2. The Kier molecular flexibility index (Phi) is 8.66. The first-order valence-electron chi connectivity index (χ1n) is 11.6. The van der Waals surface area contributed by atoms with Gasteiger partial charge < -0.3 is 10.6 Å². The quantitative estimate of drug-likeness (QED) is 0.628. The fourth-order valence-corrected chi connectivity index (χ4v) is 4.19. The first-order valence-corrected chi connectivity index (χ1v) is 11.6. The number of anilines is 2. The molecule has 0 unspecified atom stereocenters. The van der Waals surface area contributed by atoms with E-state index in [1.54, 1.807) is 0 Å². The summed E-state index contributed by atoms with van der Waals surface area (Å²) in [6.45, 7) is 3.91. The molecule has 1 aliphatic rings. The highest BCUT2D eigenvalue weighted by molar-refractivity contribution is 5.94. The van der Waals surface area contributed by atoms with E-state index < -0.39 is 0 Å². The maximum Gasteiger partial charge on any atom is 0.251 e. The van der Waals surface area contributed by atoms with Gasteiger partial charge in [0.05, 0.1) is 0 Å². The maximum atomic E-state index is 12.8. The Labute approximate surface area is 181 Å². The molecule has 3 rings (SSSR count). The Morgan fingerprint density at radius 1 is 0.800 bits per heavy atom. The van der Waals surface area contributed by atoms with E-state index >= 15 is 0 Å². The molecule has 1 saturated carbocycles. The highest BCUT2D eigenvalue weighted by Crippen LogP contribution is 2.18. The zero-order valence-corrected chi connectivity index (χ0v) is 18.5. The molecular formula is C25H36N4O.